The van der Waals surface area contributed by atoms with Crippen LogP contribution < -0.4 is 10.5 Å². The molecule has 0 radical (unpaired) electrons. The van der Waals surface area contributed by atoms with Crippen LogP contribution in [0.15, 0.2) is 60.7 Å². The first-order chi connectivity index (χ1) is 10.2. The van der Waals surface area contributed by atoms with Crippen molar-refractivity contribution in [3.8, 4) is 5.75 Å². The minimum absolute atomic E-state index is 0.212. The molecule has 0 heterocycles. The molecule has 3 aromatic carbocycles. The molecular formula is C18H16FNO. The molecule has 1 atom stereocenters. The van der Waals surface area contributed by atoms with Gasteiger partial charge < -0.3 is 10.5 Å². The highest BCUT2D eigenvalue weighted by molar-refractivity contribution is 5.83. The van der Waals surface area contributed by atoms with Gasteiger partial charge in [-0.15, -0.1) is 0 Å². The normalized spacial score (nSPS) is 12.3. The lowest BCUT2D eigenvalue weighted by Crippen LogP contribution is -2.12. The Hall–Kier alpha value is -2.39. The van der Waals surface area contributed by atoms with Crippen molar-refractivity contribution in [1.29, 1.82) is 0 Å². The van der Waals surface area contributed by atoms with E-state index >= 15 is 0 Å². The highest BCUT2D eigenvalue weighted by Gasteiger charge is 2.12. The molecule has 3 aromatic rings. The van der Waals surface area contributed by atoms with E-state index in [1.807, 2.05) is 24.3 Å². The molecule has 0 bridgehead atoms. The Morgan fingerprint density at radius 3 is 2.33 bits per heavy atom. The Labute approximate surface area is 123 Å². The predicted molar refractivity (Wildman–Crippen MR) is 82.9 cm³/mol. The lowest BCUT2D eigenvalue weighted by molar-refractivity contribution is 0.385. The SMILES string of the molecule is COc1cc(C(N)c2ccc3ccccc3c2)ccc1F. The number of nitrogens with two attached hydrogens (primary N) is 1. The number of halogens is 1. The van der Waals surface area contributed by atoms with E-state index in [9.17, 15) is 4.39 Å². The number of hydrogen-bond donors (Lipinski definition) is 1. The molecule has 0 saturated heterocycles. The van der Waals surface area contributed by atoms with Gasteiger partial charge in [0.05, 0.1) is 13.2 Å². The second-order valence-corrected chi connectivity index (χ2v) is 4.98. The molecule has 3 rings (SSSR count). The van der Waals surface area contributed by atoms with Crippen molar-refractivity contribution in [2.45, 2.75) is 6.04 Å². The third kappa shape index (κ3) is 2.60. The summed E-state index contributed by atoms with van der Waals surface area (Å²) in [6.45, 7) is 0. The summed E-state index contributed by atoms with van der Waals surface area (Å²) in [7, 11) is 1.45. The van der Waals surface area contributed by atoms with E-state index in [-0.39, 0.29) is 17.6 Å². The van der Waals surface area contributed by atoms with Crippen LogP contribution in [0.3, 0.4) is 0 Å². The largest absolute Gasteiger partial charge is 0.494 e. The highest BCUT2D eigenvalue weighted by Crippen LogP contribution is 2.27. The zero-order chi connectivity index (χ0) is 14.8. The lowest BCUT2D eigenvalue weighted by atomic mass is 9.97. The first kappa shape index (κ1) is 13.6. The molecule has 0 fully saturated rings. The summed E-state index contributed by atoms with van der Waals surface area (Å²) < 4.78 is 18.5. The van der Waals surface area contributed by atoms with Crippen LogP contribution >= 0.6 is 0 Å². The number of fused-ring (bicyclic) bond motifs is 1. The number of benzene rings is 3. The van der Waals surface area contributed by atoms with Crippen LogP contribution in [0.5, 0.6) is 5.75 Å². The summed E-state index contributed by atoms with van der Waals surface area (Å²) in [5.41, 5.74) is 8.11. The molecule has 0 aliphatic rings. The van der Waals surface area contributed by atoms with E-state index in [0.717, 1.165) is 16.5 Å². The van der Waals surface area contributed by atoms with E-state index in [1.54, 1.807) is 12.1 Å². The van der Waals surface area contributed by atoms with Crippen molar-refractivity contribution in [3.63, 3.8) is 0 Å². The van der Waals surface area contributed by atoms with Crippen molar-refractivity contribution < 1.29 is 9.13 Å². The van der Waals surface area contributed by atoms with Crippen molar-refractivity contribution in [2.75, 3.05) is 7.11 Å². The maximum Gasteiger partial charge on any atom is 0.165 e. The van der Waals surface area contributed by atoms with Gasteiger partial charge in [-0.25, -0.2) is 4.39 Å². The molecule has 21 heavy (non-hydrogen) atoms. The molecule has 0 aliphatic heterocycles. The molecular weight excluding hydrogens is 265 g/mol. The molecule has 0 spiro atoms. The summed E-state index contributed by atoms with van der Waals surface area (Å²) in [6, 6.07) is 18.6. The van der Waals surface area contributed by atoms with Crippen molar-refractivity contribution >= 4 is 10.8 Å². The predicted octanol–water partition coefficient (Wildman–Crippen LogP) is 4.04. The van der Waals surface area contributed by atoms with Crippen LogP contribution in [-0.4, -0.2) is 7.11 Å². The third-order valence-corrected chi connectivity index (χ3v) is 3.67. The van der Waals surface area contributed by atoms with Crippen LogP contribution in [0.1, 0.15) is 17.2 Å². The molecule has 0 aromatic heterocycles. The first-order valence-corrected chi connectivity index (χ1v) is 6.77. The fraction of sp³-hybridized carbons (Fsp3) is 0.111. The monoisotopic (exact) mass is 281 g/mol. The second-order valence-electron chi connectivity index (χ2n) is 4.98. The lowest BCUT2D eigenvalue weighted by Gasteiger charge is -2.15. The van der Waals surface area contributed by atoms with Gasteiger partial charge in [0.25, 0.3) is 0 Å². The summed E-state index contributed by atoms with van der Waals surface area (Å²) in [5, 5.41) is 2.31. The Balaban J connectivity index is 2.01. The third-order valence-electron chi connectivity index (χ3n) is 3.67. The molecule has 0 aliphatic carbocycles. The van der Waals surface area contributed by atoms with Crippen LogP contribution in [-0.2, 0) is 0 Å². The van der Waals surface area contributed by atoms with Gasteiger partial charge >= 0.3 is 0 Å². The zero-order valence-electron chi connectivity index (χ0n) is 11.7. The van der Waals surface area contributed by atoms with Gasteiger partial charge in [0, 0.05) is 0 Å². The average Bonchev–Trinajstić information content (AvgIpc) is 2.54. The summed E-state index contributed by atoms with van der Waals surface area (Å²) in [6.07, 6.45) is 0. The van der Waals surface area contributed by atoms with Crippen molar-refractivity contribution in [1.82, 2.24) is 0 Å². The molecule has 2 nitrogen and oxygen atoms in total. The summed E-state index contributed by atoms with van der Waals surface area (Å²) in [5.74, 6) is -0.171. The van der Waals surface area contributed by atoms with Gasteiger partial charge in [0.1, 0.15) is 0 Å². The average molecular weight is 281 g/mol. The summed E-state index contributed by atoms with van der Waals surface area (Å²) >= 11 is 0. The van der Waals surface area contributed by atoms with E-state index in [2.05, 4.69) is 18.2 Å². The Morgan fingerprint density at radius 1 is 0.905 bits per heavy atom. The maximum atomic E-state index is 13.5. The van der Waals surface area contributed by atoms with Crippen LogP contribution in [0.4, 0.5) is 4.39 Å². The smallest absolute Gasteiger partial charge is 0.165 e. The van der Waals surface area contributed by atoms with Crippen LogP contribution in [0.25, 0.3) is 10.8 Å². The standard InChI is InChI=1S/C18H16FNO/c1-21-17-11-15(8-9-16(17)19)18(20)14-7-6-12-4-2-3-5-13(12)10-14/h2-11,18H,20H2,1H3. The molecule has 3 heteroatoms. The molecule has 0 amide bonds. The minimum Gasteiger partial charge on any atom is -0.494 e. The minimum atomic E-state index is -0.382. The van der Waals surface area contributed by atoms with E-state index < -0.39 is 0 Å². The molecule has 1 unspecified atom stereocenters. The van der Waals surface area contributed by atoms with Gasteiger partial charge in [-0.1, -0.05) is 42.5 Å². The Kier molecular flexibility index (Phi) is 3.59. The number of methoxy groups -OCH3 is 1. The van der Waals surface area contributed by atoms with Crippen LogP contribution in [0.2, 0.25) is 0 Å². The number of hydrogen-bond acceptors (Lipinski definition) is 2. The quantitative estimate of drug-likeness (QED) is 0.786. The fourth-order valence-electron chi connectivity index (χ4n) is 2.46. The van der Waals surface area contributed by atoms with Gasteiger partial charge in [0.2, 0.25) is 0 Å². The zero-order valence-corrected chi connectivity index (χ0v) is 11.7. The topological polar surface area (TPSA) is 35.2 Å². The Morgan fingerprint density at radius 2 is 1.57 bits per heavy atom. The first-order valence-electron chi connectivity index (χ1n) is 6.77. The summed E-state index contributed by atoms with van der Waals surface area (Å²) in [4.78, 5) is 0. The van der Waals surface area contributed by atoms with E-state index in [4.69, 9.17) is 10.5 Å². The van der Waals surface area contributed by atoms with E-state index in [1.165, 1.54) is 18.6 Å². The molecule has 2 N–H and O–H groups in total. The van der Waals surface area contributed by atoms with E-state index in [0.29, 0.717) is 0 Å². The molecule has 106 valence electrons. The van der Waals surface area contributed by atoms with Crippen LogP contribution in [0, 0.1) is 5.82 Å². The molecule has 0 saturated carbocycles. The highest BCUT2D eigenvalue weighted by atomic mass is 19.1. The maximum absolute atomic E-state index is 13.5. The van der Waals surface area contributed by atoms with Gasteiger partial charge in [-0.3, -0.25) is 0 Å². The number of rotatable bonds is 3. The number of ether oxygens (including phenoxy) is 1. The van der Waals surface area contributed by atoms with Gasteiger partial charge in [0.15, 0.2) is 11.6 Å². The Bertz CT molecular complexity index is 785. The second kappa shape index (κ2) is 5.54. The van der Waals surface area contributed by atoms with Crippen molar-refractivity contribution in [3.05, 3.63) is 77.6 Å². The van der Waals surface area contributed by atoms with Gasteiger partial charge in [-0.05, 0) is 40.1 Å². The van der Waals surface area contributed by atoms with Gasteiger partial charge in [-0.2, -0.15) is 0 Å². The fourth-order valence-corrected chi connectivity index (χ4v) is 2.46. The van der Waals surface area contributed by atoms with Crippen molar-refractivity contribution in [2.24, 2.45) is 5.73 Å².